The number of fused-ring (bicyclic) bond motifs is 1. The quantitative estimate of drug-likeness (QED) is 0.870. The van der Waals surface area contributed by atoms with Crippen LogP contribution in [0.3, 0.4) is 0 Å². The molecule has 2 aliphatic rings. The second kappa shape index (κ2) is 7.48. The molecule has 0 radical (unpaired) electrons. The van der Waals surface area contributed by atoms with Gasteiger partial charge in [0.1, 0.15) is 5.82 Å². The first-order valence-electron chi connectivity index (χ1n) is 9.63. The van der Waals surface area contributed by atoms with Crippen LogP contribution in [0.15, 0.2) is 5.38 Å². The lowest BCUT2D eigenvalue weighted by atomic mass is 10.1. The van der Waals surface area contributed by atoms with Gasteiger partial charge in [-0.15, -0.1) is 11.3 Å². The van der Waals surface area contributed by atoms with Crippen LogP contribution >= 0.6 is 11.3 Å². The predicted octanol–water partition coefficient (Wildman–Crippen LogP) is 3.22. The molecule has 6 nitrogen and oxygen atoms in total. The highest BCUT2D eigenvalue weighted by atomic mass is 32.1. The number of nitrogens with zero attached hydrogens (tertiary/aromatic N) is 5. The molecule has 0 aliphatic carbocycles. The van der Waals surface area contributed by atoms with E-state index in [1.54, 1.807) is 11.3 Å². The summed E-state index contributed by atoms with van der Waals surface area (Å²) < 4.78 is 0. The van der Waals surface area contributed by atoms with E-state index in [1.165, 1.54) is 29.8 Å². The zero-order valence-corrected chi connectivity index (χ0v) is 16.8. The fourth-order valence-electron chi connectivity index (χ4n) is 3.75. The molecule has 1 fully saturated rings. The Labute approximate surface area is 159 Å². The Hall–Kier alpha value is -1.73. The molecule has 4 heterocycles. The van der Waals surface area contributed by atoms with Crippen LogP contribution in [0, 0.1) is 6.92 Å². The van der Waals surface area contributed by atoms with Crippen molar-refractivity contribution in [2.75, 3.05) is 29.9 Å². The van der Waals surface area contributed by atoms with Gasteiger partial charge in [-0.05, 0) is 33.6 Å². The zero-order chi connectivity index (χ0) is 18.1. The molecular weight excluding hydrogens is 344 g/mol. The highest BCUT2D eigenvalue weighted by Crippen LogP contribution is 2.29. The molecule has 1 saturated heterocycles. The lowest BCUT2D eigenvalue weighted by Gasteiger charge is -2.30. The van der Waals surface area contributed by atoms with Gasteiger partial charge in [0.2, 0.25) is 5.95 Å². The molecule has 26 heavy (non-hydrogen) atoms. The molecular formula is C19H28N6S. The summed E-state index contributed by atoms with van der Waals surface area (Å²) >= 11 is 1.73. The maximum atomic E-state index is 4.94. The Balaban J connectivity index is 1.59. The summed E-state index contributed by atoms with van der Waals surface area (Å²) in [7, 11) is 0. The van der Waals surface area contributed by atoms with E-state index in [4.69, 9.17) is 9.97 Å². The van der Waals surface area contributed by atoms with Gasteiger partial charge in [-0.1, -0.05) is 0 Å². The summed E-state index contributed by atoms with van der Waals surface area (Å²) in [5, 5.41) is 6.88. The molecule has 0 saturated carbocycles. The summed E-state index contributed by atoms with van der Waals surface area (Å²) in [5.41, 5.74) is 3.65. The molecule has 0 unspecified atom stereocenters. The van der Waals surface area contributed by atoms with E-state index < -0.39 is 0 Å². The normalized spacial score (nSPS) is 17.8. The Morgan fingerprint density at radius 3 is 2.65 bits per heavy atom. The van der Waals surface area contributed by atoms with Crippen molar-refractivity contribution in [3.05, 3.63) is 27.3 Å². The fourth-order valence-corrected chi connectivity index (χ4v) is 4.36. The fraction of sp³-hybridized carbons (Fsp3) is 0.632. The van der Waals surface area contributed by atoms with E-state index in [0.29, 0.717) is 6.04 Å². The average Bonchev–Trinajstić information content (AvgIpc) is 3.26. The second-order valence-corrected chi connectivity index (χ2v) is 8.67. The minimum absolute atomic E-state index is 0.358. The first kappa shape index (κ1) is 17.7. The molecule has 140 valence electrons. The Bertz CT molecular complexity index is 765. The number of rotatable bonds is 5. The van der Waals surface area contributed by atoms with Gasteiger partial charge in [0.05, 0.1) is 16.4 Å². The third kappa shape index (κ3) is 3.83. The summed E-state index contributed by atoms with van der Waals surface area (Å²) in [5.74, 6) is 1.93. The second-order valence-electron chi connectivity index (χ2n) is 7.61. The van der Waals surface area contributed by atoms with Crippen molar-refractivity contribution in [1.82, 2.24) is 19.9 Å². The first-order valence-corrected chi connectivity index (χ1v) is 10.5. The lowest BCUT2D eigenvalue weighted by Crippen LogP contribution is -2.33. The van der Waals surface area contributed by atoms with Crippen molar-refractivity contribution in [2.24, 2.45) is 0 Å². The van der Waals surface area contributed by atoms with Crippen LogP contribution in [0.5, 0.6) is 0 Å². The Morgan fingerprint density at radius 2 is 1.96 bits per heavy atom. The lowest BCUT2D eigenvalue weighted by molar-refractivity contribution is 0.241. The van der Waals surface area contributed by atoms with E-state index in [1.807, 2.05) is 0 Å². The summed E-state index contributed by atoms with van der Waals surface area (Å²) in [4.78, 5) is 19.3. The number of nitrogens with one attached hydrogen (secondary N) is 1. The van der Waals surface area contributed by atoms with Gasteiger partial charge in [-0.3, -0.25) is 4.90 Å². The van der Waals surface area contributed by atoms with Crippen molar-refractivity contribution in [1.29, 1.82) is 0 Å². The number of hydrogen-bond donors (Lipinski definition) is 1. The summed E-state index contributed by atoms with van der Waals surface area (Å²) in [6.45, 7) is 11.4. The predicted molar refractivity (Wildman–Crippen MR) is 107 cm³/mol. The Kier molecular flexibility index (Phi) is 5.09. The van der Waals surface area contributed by atoms with E-state index >= 15 is 0 Å². The highest BCUT2D eigenvalue weighted by molar-refractivity contribution is 7.09. The third-order valence-electron chi connectivity index (χ3n) is 4.99. The molecule has 1 N–H and O–H groups in total. The number of aromatic nitrogens is 3. The van der Waals surface area contributed by atoms with Crippen LogP contribution in [0.1, 0.15) is 48.6 Å². The van der Waals surface area contributed by atoms with Crippen LogP contribution in [0.25, 0.3) is 0 Å². The number of hydrogen-bond acceptors (Lipinski definition) is 7. The smallest absolute Gasteiger partial charge is 0.227 e. The average molecular weight is 373 g/mol. The van der Waals surface area contributed by atoms with Crippen LogP contribution in [-0.4, -0.2) is 45.5 Å². The molecule has 7 heteroatoms. The number of thiazole rings is 1. The summed E-state index contributed by atoms with van der Waals surface area (Å²) in [6, 6.07) is 0.358. The maximum Gasteiger partial charge on any atom is 0.227 e. The minimum atomic E-state index is 0.358. The van der Waals surface area contributed by atoms with Crippen molar-refractivity contribution in [3.8, 4) is 0 Å². The van der Waals surface area contributed by atoms with Crippen molar-refractivity contribution >= 4 is 23.1 Å². The molecule has 4 rings (SSSR count). The number of aryl methyl sites for hydroxylation is 1. The van der Waals surface area contributed by atoms with Crippen LogP contribution in [-0.2, 0) is 19.5 Å². The standard InChI is InChI=1S/C19H28N6S/c1-13(2)20-18-16-11-24(10-15-12-26-14(3)21-15)9-6-17(16)22-19(23-18)25-7-4-5-8-25/h12-13H,4-11H2,1-3H3,(H,20,22,23). The maximum absolute atomic E-state index is 4.94. The molecule has 0 atom stereocenters. The van der Waals surface area contributed by atoms with Gasteiger partial charge in [-0.2, -0.15) is 4.98 Å². The monoisotopic (exact) mass is 372 g/mol. The SMILES string of the molecule is Cc1nc(CN2CCc3nc(N4CCCC4)nc(NC(C)C)c3C2)cs1. The summed E-state index contributed by atoms with van der Waals surface area (Å²) in [6.07, 6.45) is 3.47. The Morgan fingerprint density at radius 1 is 1.15 bits per heavy atom. The zero-order valence-electron chi connectivity index (χ0n) is 16.0. The van der Waals surface area contributed by atoms with Crippen LogP contribution in [0.2, 0.25) is 0 Å². The van der Waals surface area contributed by atoms with E-state index in [2.05, 4.69) is 46.3 Å². The largest absolute Gasteiger partial charge is 0.367 e. The molecule has 2 aromatic rings. The van der Waals surface area contributed by atoms with Gasteiger partial charge in [-0.25, -0.2) is 9.97 Å². The van der Waals surface area contributed by atoms with Crippen molar-refractivity contribution in [3.63, 3.8) is 0 Å². The van der Waals surface area contributed by atoms with Gasteiger partial charge in [0.25, 0.3) is 0 Å². The highest BCUT2D eigenvalue weighted by Gasteiger charge is 2.25. The van der Waals surface area contributed by atoms with Gasteiger partial charge >= 0.3 is 0 Å². The van der Waals surface area contributed by atoms with Gasteiger partial charge in [0, 0.05) is 56.1 Å². The van der Waals surface area contributed by atoms with Gasteiger partial charge in [0.15, 0.2) is 0 Å². The molecule has 2 aliphatic heterocycles. The van der Waals surface area contributed by atoms with Crippen molar-refractivity contribution < 1.29 is 0 Å². The van der Waals surface area contributed by atoms with Gasteiger partial charge < -0.3 is 10.2 Å². The third-order valence-corrected chi connectivity index (χ3v) is 5.82. The molecule has 2 aromatic heterocycles. The molecule has 0 bridgehead atoms. The number of anilines is 2. The minimum Gasteiger partial charge on any atom is -0.367 e. The van der Waals surface area contributed by atoms with Crippen LogP contribution < -0.4 is 10.2 Å². The molecule has 0 amide bonds. The van der Waals surface area contributed by atoms with E-state index in [0.717, 1.165) is 55.9 Å². The first-order chi connectivity index (χ1) is 12.6. The van der Waals surface area contributed by atoms with E-state index in [9.17, 15) is 0 Å². The van der Waals surface area contributed by atoms with E-state index in [-0.39, 0.29) is 0 Å². The molecule has 0 spiro atoms. The topological polar surface area (TPSA) is 57.2 Å². The van der Waals surface area contributed by atoms with Crippen LogP contribution in [0.4, 0.5) is 11.8 Å². The van der Waals surface area contributed by atoms with Crippen molar-refractivity contribution in [2.45, 2.75) is 59.2 Å². The molecule has 0 aromatic carbocycles.